The highest BCUT2D eigenvalue weighted by molar-refractivity contribution is 5.92. The third-order valence-electron chi connectivity index (χ3n) is 3.67. The Morgan fingerprint density at radius 2 is 2.00 bits per heavy atom. The molecule has 1 N–H and O–H groups in total. The summed E-state index contributed by atoms with van der Waals surface area (Å²) in [7, 11) is 0. The van der Waals surface area contributed by atoms with Crippen LogP contribution < -0.4 is 0 Å². The van der Waals surface area contributed by atoms with E-state index in [0.717, 1.165) is 24.8 Å². The second kappa shape index (κ2) is 5.45. The van der Waals surface area contributed by atoms with E-state index in [1.54, 1.807) is 0 Å². The zero-order valence-electron chi connectivity index (χ0n) is 11.5. The van der Waals surface area contributed by atoms with E-state index in [9.17, 15) is 4.79 Å². The van der Waals surface area contributed by atoms with Gasteiger partial charge in [0.15, 0.2) is 5.69 Å². The minimum atomic E-state index is -0.0409. The highest BCUT2D eigenvalue weighted by Crippen LogP contribution is 2.29. The number of nitrogens with zero attached hydrogens (tertiary/aromatic N) is 3. The molecule has 1 heterocycles. The van der Waals surface area contributed by atoms with Crippen molar-refractivity contribution < 1.29 is 4.79 Å². The molecule has 0 aliphatic heterocycles. The van der Waals surface area contributed by atoms with Gasteiger partial charge >= 0.3 is 0 Å². The number of hydrogen-bond acceptors (Lipinski definition) is 3. The highest BCUT2D eigenvalue weighted by Gasteiger charge is 2.33. The molecule has 1 saturated carbocycles. The summed E-state index contributed by atoms with van der Waals surface area (Å²) in [4.78, 5) is 14.3. The number of H-pyrrole nitrogens is 1. The number of aromatic amines is 1. The quantitative estimate of drug-likeness (QED) is 0.905. The smallest absolute Gasteiger partial charge is 0.276 e. The third-order valence-corrected chi connectivity index (χ3v) is 3.67. The lowest BCUT2D eigenvalue weighted by atomic mass is 10.1. The van der Waals surface area contributed by atoms with E-state index in [1.165, 1.54) is 11.8 Å². The molecule has 0 saturated heterocycles. The molecule has 1 aliphatic rings. The number of aryl methyl sites for hydroxylation is 1. The normalized spacial score (nSPS) is 14.2. The van der Waals surface area contributed by atoms with Crippen molar-refractivity contribution in [2.45, 2.75) is 38.8 Å². The van der Waals surface area contributed by atoms with Crippen molar-refractivity contribution in [1.29, 1.82) is 0 Å². The van der Waals surface area contributed by atoms with Crippen LogP contribution in [-0.4, -0.2) is 32.3 Å². The molecule has 2 aromatic rings. The fraction of sp³-hybridized carbons (Fsp3) is 0.400. The molecule has 0 atom stereocenters. The van der Waals surface area contributed by atoms with Crippen molar-refractivity contribution in [2.24, 2.45) is 0 Å². The minimum Gasteiger partial charge on any atom is -0.330 e. The van der Waals surface area contributed by atoms with Crippen molar-refractivity contribution in [2.75, 3.05) is 0 Å². The molecular weight excluding hydrogens is 252 g/mol. The van der Waals surface area contributed by atoms with Gasteiger partial charge in [-0.25, -0.2) is 0 Å². The lowest BCUT2D eigenvalue weighted by Crippen LogP contribution is -2.32. The molecule has 5 heteroatoms. The molecule has 1 aromatic carbocycles. The summed E-state index contributed by atoms with van der Waals surface area (Å²) in [5.74, 6) is -0.0409. The SMILES string of the molecule is CCc1ccc(CN(C(=O)c2cn[nH]n2)C2CC2)cc1. The summed E-state index contributed by atoms with van der Waals surface area (Å²) in [6, 6.07) is 8.81. The van der Waals surface area contributed by atoms with Crippen molar-refractivity contribution in [3.63, 3.8) is 0 Å². The monoisotopic (exact) mass is 270 g/mol. The van der Waals surface area contributed by atoms with Gasteiger partial charge in [0, 0.05) is 12.6 Å². The van der Waals surface area contributed by atoms with Crippen molar-refractivity contribution in [3.05, 3.63) is 47.3 Å². The van der Waals surface area contributed by atoms with Crippen LogP contribution in [0.15, 0.2) is 30.5 Å². The summed E-state index contributed by atoms with van der Waals surface area (Å²) >= 11 is 0. The second-order valence-electron chi connectivity index (χ2n) is 5.19. The zero-order valence-corrected chi connectivity index (χ0v) is 11.5. The first kappa shape index (κ1) is 12.8. The summed E-state index contributed by atoms with van der Waals surface area (Å²) in [6.45, 7) is 2.78. The van der Waals surface area contributed by atoms with Gasteiger partial charge in [0.1, 0.15) is 0 Å². The van der Waals surface area contributed by atoms with E-state index in [4.69, 9.17) is 0 Å². The van der Waals surface area contributed by atoms with Gasteiger partial charge in [-0.15, -0.1) is 0 Å². The maximum absolute atomic E-state index is 12.4. The van der Waals surface area contributed by atoms with Crippen molar-refractivity contribution in [1.82, 2.24) is 20.3 Å². The molecule has 1 fully saturated rings. The number of carbonyl (C=O) groups excluding carboxylic acids is 1. The van der Waals surface area contributed by atoms with Crippen molar-refractivity contribution >= 4 is 5.91 Å². The molecule has 0 radical (unpaired) electrons. The van der Waals surface area contributed by atoms with Gasteiger partial charge < -0.3 is 4.90 Å². The predicted molar refractivity (Wildman–Crippen MR) is 75.1 cm³/mol. The Kier molecular flexibility index (Phi) is 3.50. The lowest BCUT2D eigenvalue weighted by Gasteiger charge is -2.21. The van der Waals surface area contributed by atoms with E-state index < -0.39 is 0 Å². The lowest BCUT2D eigenvalue weighted by molar-refractivity contribution is 0.0724. The molecule has 0 bridgehead atoms. The van der Waals surface area contributed by atoms with E-state index >= 15 is 0 Å². The maximum atomic E-state index is 12.4. The molecule has 3 rings (SSSR count). The number of aromatic nitrogens is 3. The molecule has 1 aliphatic carbocycles. The van der Waals surface area contributed by atoms with Gasteiger partial charge in [0.05, 0.1) is 6.20 Å². The molecule has 0 spiro atoms. The topological polar surface area (TPSA) is 61.9 Å². The van der Waals surface area contributed by atoms with Gasteiger partial charge in [-0.1, -0.05) is 31.2 Å². The molecule has 5 nitrogen and oxygen atoms in total. The Hall–Kier alpha value is -2.17. The number of carbonyl (C=O) groups is 1. The highest BCUT2D eigenvalue weighted by atomic mass is 16.2. The summed E-state index contributed by atoms with van der Waals surface area (Å²) in [5.41, 5.74) is 2.86. The number of nitrogens with one attached hydrogen (secondary N) is 1. The van der Waals surface area contributed by atoms with Crippen LogP contribution in [0.2, 0.25) is 0 Å². The molecule has 104 valence electrons. The van der Waals surface area contributed by atoms with Crippen molar-refractivity contribution in [3.8, 4) is 0 Å². The van der Waals surface area contributed by atoms with Crippen LogP contribution in [0.3, 0.4) is 0 Å². The summed E-state index contributed by atoms with van der Waals surface area (Å²) < 4.78 is 0. The first-order chi connectivity index (χ1) is 9.78. The van der Waals surface area contributed by atoms with Gasteiger partial charge in [-0.3, -0.25) is 4.79 Å². The summed E-state index contributed by atoms with van der Waals surface area (Å²) in [6.07, 6.45) is 4.68. The zero-order chi connectivity index (χ0) is 13.9. The van der Waals surface area contributed by atoms with Crippen LogP contribution in [0.1, 0.15) is 41.4 Å². The van der Waals surface area contributed by atoms with E-state index in [0.29, 0.717) is 18.3 Å². The Morgan fingerprint density at radius 3 is 2.55 bits per heavy atom. The average Bonchev–Trinajstić information content (AvgIpc) is 3.18. The number of hydrogen-bond donors (Lipinski definition) is 1. The first-order valence-corrected chi connectivity index (χ1v) is 7.02. The minimum absolute atomic E-state index is 0.0409. The van der Waals surface area contributed by atoms with E-state index in [-0.39, 0.29) is 5.91 Å². The van der Waals surface area contributed by atoms with Gasteiger partial charge in [0.25, 0.3) is 5.91 Å². The van der Waals surface area contributed by atoms with Crippen LogP contribution in [0, 0.1) is 0 Å². The fourth-order valence-electron chi connectivity index (χ4n) is 2.28. The predicted octanol–water partition coefficient (Wildman–Crippen LogP) is 2.17. The molecule has 20 heavy (non-hydrogen) atoms. The standard InChI is InChI=1S/C15H18N4O/c1-2-11-3-5-12(6-4-11)10-19(13-7-8-13)15(20)14-9-16-18-17-14/h3-6,9,13H,2,7-8,10H2,1H3,(H,16,17,18). The van der Waals surface area contributed by atoms with Gasteiger partial charge in [-0.05, 0) is 30.4 Å². The van der Waals surface area contributed by atoms with Gasteiger partial charge in [-0.2, -0.15) is 15.4 Å². The number of benzene rings is 1. The van der Waals surface area contributed by atoms with Crippen LogP contribution in [-0.2, 0) is 13.0 Å². The fourth-order valence-corrected chi connectivity index (χ4v) is 2.28. The van der Waals surface area contributed by atoms with Crippen LogP contribution in [0.5, 0.6) is 0 Å². The molecule has 1 amide bonds. The van der Waals surface area contributed by atoms with Gasteiger partial charge in [0.2, 0.25) is 0 Å². The second-order valence-corrected chi connectivity index (χ2v) is 5.19. The Bertz CT molecular complexity index is 572. The molecule has 0 unspecified atom stereocenters. The summed E-state index contributed by atoms with van der Waals surface area (Å²) in [5, 5.41) is 10.1. The number of rotatable bonds is 5. The molecule has 1 aromatic heterocycles. The first-order valence-electron chi connectivity index (χ1n) is 7.02. The average molecular weight is 270 g/mol. The largest absolute Gasteiger partial charge is 0.330 e. The Labute approximate surface area is 118 Å². The van der Waals surface area contributed by atoms with E-state index in [2.05, 4.69) is 46.6 Å². The maximum Gasteiger partial charge on any atom is 0.276 e. The van der Waals surface area contributed by atoms with E-state index in [1.807, 2.05) is 4.90 Å². The third kappa shape index (κ3) is 2.71. The Morgan fingerprint density at radius 1 is 1.30 bits per heavy atom. The van der Waals surface area contributed by atoms with Crippen LogP contribution >= 0.6 is 0 Å². The van der Waals surface area contributed by atoms with Crippen LogP contribution in [0.4, 0.5) is 0 Å². The van der Waals surface area contributed by atoms with Crippen LogP contribution in [0.25, 0.3) is 0 Å². The Balaban J connectivity index is 1.75. The number of amides is 1. The molecular formula is C15H18N4O.